The third-order valence-electron chi connectivity index (χ3n) is 8.38. The van der Waals surface area contributed by atoms with Crippen molar-refractivity contribution in [1.29, 1.82) is 0 Å². The number of benzene rings is 5. The first-order valence-electron chi connectivity index (χ1n) is 15.2. The van der Waals surface area contributed by atoms with Gasteiger partial charge in [0.2, 0.25) is 0 Å². The van der Waals surface area contributed by atoms with Crippen LogP contribution in [0.2, 0.25) is 0 Å². The van der Waals surface area contributed by atoms with Crippen LogP contribution >= 0.6 is 0 Å². The molecule has 42 heavy (non-hydrogen) atoms. The number of fused-ring (bicyclic) bond motifs is 1. The summed E-state index contributed by atoms with van der Waals surface area (Å²) < 4.78 is 6.43. The Morgan fingerprint density at radius 3 is 1.69 bits per heavy atom. The Labute approximate surface area is 250 Å². The van der Waals surface area contributed by atoms with Crippen molar-refractivity contribution in [2.24, 2.45) is 0 Å². The molecule has 6 rings (SSSR count). The molecule has 2 nitrogen and oxygen atoms in total. The highest BCUT2D eigenvalue weighted by molar-refractivity contribution is 6.12. The lowest BCUT2D eigenvalue weighted by atomic mass is 9.74. The molecule has 1 aliphatic carbocycles. The van der Waals surface area contributed by atoms with Crippen LogP contribution in [0.25, 0.3) is 33.4 Å². The Kier molecular flexibility index (Phi) is 8.46. The van der Waals surface area contributed by atoms with E-state index in [-0.39, 0.29) is 5.41 Å². The third-order valence-corrected chi connectivity index (χ3v) is 8.38. The summed E-state index contributed by atoms with van der Waals surface area (Å²) in [4.78, 5) is 0. The lowest BCUT2D eigenvalue weighted by molar-refractivity contribution is 0.112. The van der Waals surface area contributed by atoms with Gasteiger partial charge in [0.25, 0.3) is 0 Å². The van der Waals surface area contributed by atoms with Crippen molar-refractivity contribution in [1.82, 2.24) is 5.32 Å². The van der Waals surface area contributed by atoms with Gasteiger partial charge in [-0.25, -0.2) is 0 Å². The lowest BCUT2D eigenvalue weighted by Gasteiger charge is -2.35. The Bertz CT molecular complexity index is 1640. The fraction of sp³-hybridized carbons (Fsp3) is 0.200. The molecule has 1 atom stereocenters. The Hall–Kier alpha value is -4.24. The summed E-state index contributed by atoms with van der Waals surface area (Å²) in [7, 11) is 0. The smallest absolute Gasteiger partial charge is 0.0616 e. The third kappa shape index (κ3) is 5.13. The van der Waals surface area contributed by atoms with E-state index in [4.69, 9.17) is 4.74 Å². The standard InChI is InChI=1S/C40H39NO/c1-3-27-41-28-40(29-42-4-2)35-26-25-34(30-17-9-5-10-18-30)36(31-19-11-6-12-20-31)38(35)37(32-21-13-7-14-22-32)39(40)33-23-15-8-16-24-33/h5-26,41H,3-4,27-29H2,1-2H3. The van der Waals surface area contributed by atoms with Crippen molar-refractivity contribution in [3.05, 3.63) is 156 Å². The zero-order valence-corrected chi connectivity index (χ0v) is 24.6. The minimum absolute atomic E-state index is 0.369. The van der Waals surface area contributed by atoms with E-state index in [1.807, 2.05) is 0 Å². The van der Waals surface area contributed by atoms with E-state index >= 15 is 0 Å². The van der Waals surface area contributed by atoms with Gasteiger partial charge < -0.3 is 10.1 Å². The molecule has 0 saturated heterocycles. The normalized spacial score (nSPS) is 16.0. The van der Waals surface area contributed by atoms with Crippen LogP contribution in [-0.2, 0) is 10.2 Å². The molecule has 0 radical (unpaired) electrons. The van der Waals surface area contributed by atoms with Crippen molar-refractivity contribution >= 4 is 11.1 Å². The highest BCUT2D eigenvalue weighted by atomic mass is 16.5. The fourth-order valence-electron chi connectivity index (χ4n) is 6.58. The van der Waals surface area contributed by atoms with Crippen molar-refractivity contribution in [2.75, 3.05) is 26.3 Å². The van der Waals surface area contributed by atoms with Gasteiger partial charge in [-0.05, 0) is 75.5 Å². The molecule has 0 aromatic heterocycles. The summed E-state index contributed by atoms with van der Waals surface area (Å²) in [6, 6.07) is 48.4. The van der Waals surface area contributed by atoms with Crippen LogP contribution in [0.15, 0.2) is 133 Å². The molecule has 0 aliphatic heterocycles. The molecule has 0 fully saturated rings. The highest BCUT2D eigenvalue weighted by Gasteiger charge is 2.47. The quantitative estimate of drug-likeness (QED) is 0.166. The van der Waals surface area contributed by atoms with Gasteiger partial charge in [-0.2, -0.15) is 0 Å². The molecule has 0 spiro atoms. The summed E-state index contributed by atoms with van der Waals surface area (Å²) in [6.07, 6.45) is 1.08. The summed E-state index contributed by atoms with van der Waals surface area (Å²) >= 11 is 0. The van der Waals surface area contributed by atoms with Gasteiger partial charge in [-0.1, -0.05) is 140 Å². The van der Waals surface area contributed by atoms with Gasteiger partial charge in [0.05, 0.1) is 12.0 Å². The van der Waals surface area contributed by atoms with Gasteiger partial charge in [-0.3, -0.25) is 0 Å². The maximum atomic E-state index is 6.43. The van der Waals surface area contributed by atoms with Gasteiger partial charge >= 0.3 is 0 Å². The van der Waals surface area contributed by atoms with Crippen LogP contribution in [0.3, 0.4) is 0 Å². The van der Waals surface area contributed by atoms with Crippen molar-refractivity contribution in [3.8, 4) is 22.3 Å². The number of rotatable bonds is 11. The second-order valence-corrected chi connectivity index (χ2v) is 11.0. The van der Waals surface area contributed by atoms with E-state index in [9.17, 15) is 0 Å². The second kappa shape index (κ2) is 12.7. The Morgan fingerprint density at radius 1 is 0.571 bits per heavy atom. The Balaban J connectivity index is 1.78. The molecule has 0 saturated carbocycles. The monoisotopic (exact) mass is 549 g/mol. The van der Waals surface area contributed by atoms with E-state index in [2.05, 4.69) is 153 Å². The fourth-order valence-corrected chi connectivity index (χ4v) is 6.58. The minimum atomic E-state index is -0.369. The van der Waals surface area contributed by atoms with Crippen LogP contribution < -0.4 is 5.32 Å². The number of ether oxygens (including phenoxy) is 1. The first-order chi connectivity index (χ1) is 20.8. The Morgan fingerprint density at radius 2 is 1.12 bits per heavy atom. The first-order valence-corrected chi connectivity index (χ1v) is 15.2. The summed E-state index contributed by atoms with van der Waals surface area (Å²) in [6.45, 7) is 7.36. The van der Waals surface area contributed by atoms with Crippen LogP contribution in [0.1, 0.15) is 42.5 Å². The zero-order valence-electron chi connectivity index (χ0n) is 24.6. The van der Waals surface area contributed by atoms with E-state index < -0.39 is 0 Å². The summed E-state index contributed by atoms with van der Waals surface area (Å²) in [5, 5.41) is 3.83. The molecule has 2 heteroatoms. The molecule has 210 valence electrons. The molecule has 1 N–H and O–H groups in total. The highest BCUT2D eigenvalue weighted by Crippen LogP contribution is 2.57. The molecule has 0 heterocycles. The van der Waals surface area contributed by atoms with Crippen LogP contribution in [0.5, 0.6) is 0 Å². The number of nitrogens with one attached hydrogen (secondary N) is 1. The lowest BCUT2D eigenvalue weighted by Crippen LogP contribution is -2.42. The largest absolute Gasteiger partial charge is 0.380 e. The summed E-state index contributed by atoms with van der Waals surface area (Å²) in [5.74, 6) is 0. The molecule has 5 aromatic carbocycles. The van der Waals surface area contributed by atoms with E-state index in [1.54, 1.807) is 0 Å². The van der Waals surface area contributed by atoms with Gasteiger partial charge in [-0.15, -0.1) is 0 Å². The predicted octanol–water partition coefficient (Wildman–Crippen LogP) is 9.27. The zero-order chi connectivity index (χ0) is 28.8. The molecule has 1 aliphatic rings. The predicted molar refractivity (Wildman–Crippen MR) is 177 cm³/mol. The maximum Gasteiger partial charge on any atom is 0.0616 e. The van der Waals surface area contributed by atoms with E-state index in [0.29, 0.717) is 13.2 Å². The van der Waals surface area contributed by atoms with E-state index in [1.165, 1.54) is 55.7 Å². The molecule has 0 bridgehead atoms. The molecule has 0 amide bonds. The minimum Gasteiger partial charge on any atom is -0.380 e. The SMILES string of the molecule is CCCNCC1(COCC)C(c2ccccc2)=C(c2ccccc2)c2c1ccc(-c1ccccc1)c2-c1ccccc1. The maximum absolute atomic E-state index is 6.43. The first kappa shape index (κ1) is 27.9. The second-order valence-electron chi connectivity index (χ2n) is 11.0. The molecule has 5 aromatic rings. The number of hydrogen-bond donors (Lipinski definition) is 1. The number of hydrogen-bond acceptors (Lipinski definition) is 2. The average Bonchev–Trinajstić information content (AvgIpc) is 3.35. The van der Waals surface area contributed by atoms with Crippen LogP contribution in [0.4, 0.5) is 0 Å². The molecular formula is C40H39NO. The molecular weight excluding hydrogens is 510 g/mol. The van der Waals surface area contributed by atoms with Gasteiger partial charge in [0, 0.05) is 13.2 Å². The van der Waals surface area contributed by atoms with Crippen LogP contribution in [0, 0.1) is 0 Å². The van der Waals surface area contributed by atoms with Crippen molar-refractivity contribution in [3.63, 3.8) is 0 Å². The van der Waals surface area contributed by atoms with Gasteiger partial charge in [0.1, 0.15) is 0 Å². The van der Waals surface area contributed by atoms with Crippen molar-refractivity contribution in [2.45, 2.75) is 25.7 Å². The average molecular weight is 550 g/mol. The van der Waals surface area contributed by atoms with Crippen LogP contribution in [-0.4, -0.2) is 26.3 Å². The van der Waals surface area contributed by atoms with E-state index in [0.717, 1.165) is 19.5 Å². The van der Waals surface area contributed by atoms with Crippen molar-refractivity contribution < 1.29 is 4.74 Å². The topological polar surface area (TPSA) is 21.3 Å². The summed E-state index contributed by atoms with van der Waals surface area (Å²) in [5.41, 5.74) is 12.3. The van der Waals surface area contributed by atoms with Gasteiger partial charge in [0.15, 0.2) is 0 Å². The molecule has 1 unspecified atom stereocenters.